The van der Waals surface area contributed by atoms with Gasteiger partial charge < -0.3 is 9.72 Å². The summed E-state index contributed by atoms with van der Waals surface area (Å²) in [6.45, 7) is 1.95. The van der Waals surface area contributed by atoms with Crippen molar-refractivity contribution in [2.75, 3.05) is 7.11 Å². The van der Waals surface area contributed by atoms with Gasteiger partial charge in [-0.3, -0.25) is 4.79 Å². The summed E-state index contributed by atoms with van der Waals surface area (Å²) in [4.78, 5) is 13.4. The van der Waals surface area contributed by atoms with Crippen LogP contribution in [-0.2, 0) is 4.79 Å². The van der Waals surface area contributed by atoms with Gasteiger partial charge in [0.05, 0.1) is 13.3 Å². The van der Waals surface area contributed by atoms with Crippen molar-refractivity contribution in [2.24, 2.45) is 5.10 Å². The molecule has 0 aliphatic carbocycles. The Kier molecular flexibility index (Phi) is 3.09. The number of nitrogens with one attached hydrogen (secondary N) is 2. The maximum atomic E-state index is 10.1. The van der Waals surface area contributed by atoms with Crippen molar-refractivity contribution in [3.8, 4) is 5.75 Å². The molecule has 5 heteroatoms. The third-order valence-electron chi connectivity index (χ3n) is 2.56. The Morgan fingerprint density at radius 1 is 1.47 bits per heavy atom. The number of H-pyrrole nitrogens is 1. The Morgan fingerprint density at radius 3 is 3.00 bits per heavy atom. The molecule has 5 nitrogen and oxygen atoms in total. The van der Waals surface area contributed by atoms with Crippen LogP contribution in [0.15, 0.2) is 23.3 Å². The SMILES string of the molecule is COc1ccc2c(/C=N\NC=O)c(C)[nH]c2c1. The van der Waals surface area contributed by atoms with Crippen LogP contribution in [0.1, 0.15) is 11.3 Å². The van der Waals surface area contributed by atoms with E-state index in [1.54, 1.807) is 13.3 Å². The van der Waals surface area contributed by atoms with Crippen LogP contribution in [0.25, 0.3) is 10.9 Å². The lowest BCUT2D eigenvalue weighted by Crippen LogP contribution is -2.00. The first-order chi connectivity index (χ1) is 8.26. The van der Waals surface area contributed by atoms with Crippen LogP contribution in [0.4, 0.5) is 0 Å². The Balaban J connectivity index is 2.48. The van der Waals surface area contributed by atoms with E-state index in [1.807, 2.05) is 25.1 Å². The molecule has 2 aromatic rings. The van der Waals surface area contributed by atoms with Gasteiger partial charge in [0.2, 0.25) is 6.41 Å². The van der Waals surface area contributed by atoms with E-state index in [2.05, 4.69) is 15.5 Å². The zero-order chi connectivity index (χ0) is 12.3. The molecule has 0 fully saturated rings. The van der Waals surface area contributed by atoms with Crippen molar-refractivity contribution in [2.45, 2.75) is 6.92 Å². The highest BCUT2D eigenvalue weighted by Gasteiger charge is 2.06. The van der Waals surface area contributed by atoms with E-state index in [0.29, 0.717) is 6.41 Å². The first-order valence-electron chi connectivity index (χ1n) is 5.15. The standard InChI is InChI=1S/C12H13N3O2/c1-8-11(6-13-14-7-16)10-4-3-9(17-2)5-12(10)15-8/h3-7,15H,1-2H3,(H,14,16)/b13-6-. The average Bonchev–Trinajstić information content (AvgIpc) is 2.65. The van der Waals surface area contributed by atoms with Crippen molar-refractivity contribution in [1.29, 1.82) is 0 Å². The summed E-state index contributed by atoms with van der Waals surface area (Å²) in [6, 6.07) is 5.77. The highest BCUT2D eigenvalue weighted by atomic mass is 16.5. The van der Waals surface area contributed by atoms with Crippen LogP contribution >= 0.6 is 0 Å². The number of rotatable bonds is 4. The minimum absolute atomic E-state index is 0.531. The molecule has 0 unspecified atom stereocenters. The van der Waals surface area contributed by atoms with Gasteiger partial charge in [-0.2, -0.15) is 5.10 Å². The Hall–Kier alpha value is -2.30. The molecule has 0 radical (unpaired) electrons. The molecule has 1 aromatic heterocycles. The molecular formula is C12H13N3O2. The Morgan fingerprint density at radius 2 is 2.29 bits per heavy atom. The van der Waals surface area contributed by atoms with Crippen molar-refractivity contribution in [3.63, 3.8) is 0 Å². The number of aryl methyl sites for hydroxylation is 1. The second kappa shape index (κ2) is 4.69. The van der Waals surface area contributed by atoms with E-state index in [1.165, 1.54) is 0 Å². The number of hydrogen-bond donors (Lipinski definition) is 2. The molecule has 0 bridgehead atoms. The predicted molar refractivity (Wildman–Crippen MR) is 66.4 cm³/mol. The third-order valence-corrected chi connectivity index (χ3v) is 2.56. The van der Waals surface area contributed by atoms with Gasteiger partial charge >= 0.3 is 0 Å². The van der Waals surface area contributed by atoms with Gasteiger partial charge in [0.15, 0.2) is 0 Å². The number of benzene rings is 1. The maximum absolute atomic E-state index is 10.1. The molecule has 0 spiro atoms. The van der Waals surface area contributed by atoms with Crippen molar-refractivity contribution in [1.82, 2.24) is 10.4 Å². The fourth-order valence-corrected chi connectivity index (χ4v) is 1.76. The molecule has 1 heterocycles. The number of aromatic amines is 1. The largest absolute Gasteiger partial charge is 0.497 e. The summed E-state index contributed by atoms with van der Waals surface area (Å²) in [5.41, 5.74) is 5.18. The normalized spacial score (nSPS) is 10.9. The number of aromatic nitrogens is 1. The van der Waals surface area contributed by atoms with Crippen molar-refractivity contribution < 1.29 is 9.53 Å². The summed E-state index contributed by atoms with van der Waals surface area (Å²) in [5, 5.41) is 4.83. The quantitative estimate of drug-likeness (QED) is 0.476. The zero-order valence-corrected chi connectivity index (χ0v) is 9.65. The number of hydrogen-bond acceptors (Lipinski definition) is 3. The van der Waals surface area contributed by atoms with Crippen LogP contribution < -0.4 is 10.2 Å². The molecule has 0 saturated carbocycles. The van der Waals surface area contributed by atoms with E-state index in [9.17, 15) is 4.79 Å². The highest BCUT2D eigenvalue weighted by Crippen LogP contribution is 2.24. The van der Waals surface area contributed by atoms with E-state index in [-0.39, 0.29) is 0 Å². The lowest BCUT2D eigenvalue weighted by molar-refractivity contribution is -0.109. The second-order valence-corrected chi connectivity index (χ2v) is 3.58. The second-order valence-electron chi connectivity index (χ2n) is 3.58. The van der Waals surface area contributed by atoms with Crippen molar-refractivity contribution >= 4 is 23.5 Å². The van der Waals surface area contributed by atoms with Crippen LogP contribution in [-0.4, -0.2) is 24.7 Å². The summed E-state index contributed by atoms with van der Waals surface area (Å²) < 4.78 is 5.16. The van der Waals surface area contributed by atoms with Gasteiger partial charge in [0.25, 0.3) is 0 Å². The molecule has 0 aliphatic heterocycles. The minimum Gasteiger partial charge on any atom is -0.497 e. The van der Waals surface area contributed by atoms with Gasteiger partial charge in [0, 0.05) is 28.2 Å². The zero-order valence-electron chi connectivity index (χ0n) is 9.65. The molecule has 0 atom stereocenters. The van der Waals surface area contributed by atoms with E-state index in [0.717, 1.165) is 27.9 Å². The van der Waals surface area contributed by atoms with Gasteiger partial charge in [-0.1, -0.05) is 0 Å². The van der Waals surface area contributed by atoms with Gasteiger partial charge in [-0.25, -0.2) is 5.43 Å². The average molecular weight is 231 g/mol. The topological polar surface area (TPSA) is 66.5 Å². The van der Waals surface area contributed by atoms with E-state index < -0.39 is 0 Å². The first-order valence-corrected chi connectivity index (χ1v) is 5.15. The van der Waals surface area contributed by atoms with Gasteiger partial charge in [-0.05, 0) is 19.1 Å². The lowest BCUT2D eigenvalue weighted by atomic mass is 10.1. The fraction of sp³-hybridized carbons (Fsp3) is 0.167. The highest BCUT2D eigenvalue weighted by molar-refractivity contribution is 6.01. The number of fused-ring (bicyclic) bond motifs is 1. The van der Waals surface area contributed by atoms with Crippen LogP contribution in [0.2, 0.25) is 0 Å². The summed E-state index contributed by atoms with van der Waals surface area (Å²) in [5.74, 6) is 0.799. The number of methoxy groups -OCH3 is 1. The lowest BCUT2D eigenvalue weighted by Gasteiger charge is -1.98. The summed E-state index contributed by atoms with van der Waals surface area (Å²) in [6.07, 6.45) is 2.15. The number of amides is 1. The molecule has 2 N–H and O–H groups in total. The van der Waals surface area contributed by atoms with Crippen LogP contribution in [0, 0.1) is 6.92 Å². The molecule has 0 aliphatic rings. The Bertz CT molecular complexity index is 572. The number of carbonyl (C=O) groups is 1. The summed E-state index contributed by atoms with van der Waals surface area (Å²) in [7, 11) is 1.63. The van der Waals surface area contributed by atoms with Crippen molar-refractivity contribution in [3.05, 3.63) is 29.5 Å². The number of carbonyl (C=O) groups excluding carboxylic acids is 1. The Labute approximate surface area is 98.5 Å². The molecule has 2 rings (SSSR count). The van der Waals surface area contributed by atoms with Gasteiger partial charge in [-0.15, -0.1) is 0 Å². The van der Waals surface area contributed by atoms with E-state index in [4.69, 9.17) is 4.74 Å². The van der Waals surface area contributed by atoms with Gasteiger partial charge in [0.1, 0.15) is 5.75 Å². The van der Waals surface area contributed by atoms with Crippen LogP contribution in [0.3, 0.4) is 0 Å². The third kappa shape index (κ3) is 2.13. The summed E-state index contributed by atoms with van der Waals surface area (Å²) >= 11 is 0. The number of hydrazone groups is 1. The minimum atomic E-state index is 0.531. The predicted octanol–water partition coefficient (Wildman–Crippen LogP) is 1.56. The first kappa shape index (κ1) is 11.2. The fourth-order valence-electron chi connectivity index (χ4n) is 1.76. The monoisotopic (exact) mass is 231 g/mol. The smallest absolute Gasteiger partial charge is 0.227 e. The molecule has 1 aromatic carbocycles. The van der Waals surface area contributed by atoms with Crippen LogP contribution in [0.5, 0.6) is 5.75 Å². The maximum Gasteiger partial charge on any atom is 0.227 e. The van der Waals surface area contributed by atoms with E-state index >= 15 is 0 Å². The molecule has 1 amide bonds. The number of nitrogens with zero attached hydrogens (tertiary/aromatic N) is 1. The molecule has 0 saturated heterocycles. The molecular weight excluding hydrogens is 218 g/mol. The molecule has 17 heavy (non-hydrogen) atoms. The molecule has 88 valence electrons. The number of ether oxygens (including phenoxy) is 1.